The highest BCUT2D eigenvalue weighted by Gasteiger charge is 2.04. The molecule has 0 radical (unpaired) electrons. The summed E-state index contributed by atoms with van der Waals surface area (Å²) in [4.78, 5) is 0. The Kier molecular flexibility index (Phi) is 6.81. The number of nitrogens with two attached hydrogens (primary N) is 1. The van der Waals surface area contributed by atoms with Crippen LogP contribution in [0.5, 0.6) is 5.75 Å². The molecule has 0 bridgehead atoms. The molecule has 0 aliphatic rings. The fraction of sp³-hybridized carbons (Fsp3) is 0.625. The monoisotopic (exact) mass is 249 g/mol. The third-order valence-electron chi connectivity index (χ3n) is 3.09. The van der Waals surface area contributed by atoms with E-state index in [-0.39, 0.29) is 6.04 Å². The molecule has 0 spiro atoms. The largest absolute Gasteiger partial charge is 0.492 e. The number of hydrogen-bond acceptors (Lipinski definition) is 2. The zero-order valence-corrected chi connectivity index (χ0v) is 12.0. The first-order valence-corrected chi connectivity index (χ1v) is 7.20. The molecule has 0 saturated heterocycles. The average Bonchev–Trinajstić information content (AvgIpc) is 2.36. The van der Waals surface area contributed by atoms with E-state index < -0.39 is 0 Å². The molecular formula is C16H27NO. The molecule has 2 N–H and O–H groups in total. The van der Waals surface area contributed by atoms with Gasteiger partial charge in [-0.3, -0.25) is 0 Å². The first-order chi connectivity index (χ1) is 8.69. The van der Waals surface area contributed by atoms with Gasteiger partial charge in [-0.05, 0) is 42.5 Å². The minimum atomic E-state index is 0.134. The van der Waals surface area contributed by atoms with Crippen LogP contribution in [0.1, 0.15) is 51.2 Å². The highest BCUT2D eigenvalue weighted by molar-refractivity contribution is 5.34. The van der Waals surface area contributed by atoms with Crippen LogP contribution in [0.25, 0.3) is 0 Å². The highest BCUT2D eigenvalue weighted by Crippen LogP contribution is 2.20. The van der Waals surface area contributed by atoms with Crippen molar-refractivity contribution in [2.75, 3.05) is 6.61 Å². The second-order valence-electron chi connectivity index (χ2n) is 4.96. The van der Waals surface area contributed by atoms with Gasteiger partial charge in [-0.15, -0.1) is 0 Å². The molecule has 0 amide bonds. The number of rotatable bonds is 8. The molecule has 102 valence electrons. The minimum absolute atomic E-state index is 0.134. The number of aryl methyl sites for hydroxylation is 2. The molecule has 1 rings (SSSR count). The molecule has 0 fully saturated rings. The Hall–Kier alpha value is -1.02. The Morgan fingerprint density at radius 1 is 1.00 bits per heavy atom. The summed E-state index contributed by atoms with van der Waals surface area (Å²) in [5, 5.41) is 0. The van der Waals surface area contributed by atoms with Gasteiger partial charge in [0.1, 0.15) is 12.4 Å². The third kappa shape index (κ3) is 5.09. The van der Waals surface area contributed by atoms with E-state index in [0.29, 0.717) is 6.61 Å². The summed E-state index contributed by atoms with van der Waals surface area (Å²) in [6.45, 7) is 7.11. The maximum Gasteiger partial charge on any atom is 0.119 e. The zero-order valence-electron chi connectivity index (χ0n) is 12.0. The first kappa shape index (κ1) is 15.0. The van der Waals surface area contributed by atoms with Crippen molar-refractivity contribution in [3.63, 3.8) is 0 Å². The summed E-state index contributed by atoms with van der Waals surface area (Å²) in [6.07, 6.45) is 5.53. The molecule has 0 heterocycles. The quantitative estimate of drug-likeness (QED) is 0.762. The minimum Gasteiger partial charge on any atom is -0.492 e. The van der Waals surface area contributed by atoms with Gasteiger partial charge in [0.15, 0.2) is 0 Å². The molecule has 2 nitrogen and oxygen atoms in total. The van der Waals surface area contributed by atoms with Crippen LogP contribution in [0.3, 0.4) is 0 Å². The summed E-state index contributed by atoms with van der Waals surface area (Å²) in [7, 11) is 0. The maximum atomic E-state index is 5.89. The van der Waals surface area contributed by atoms with Crippen LogP contribution in [-0.4, -0.2) is 12.6 Å². The van der Waals surface area contributed by atoms with Gasteiger partial charge in [0.25, 0.3) is 0 Å². The van der Waals surface area contributed by atoms with E-state index in [2.05, 4.69) is 39.0 Å². The van der Waals surface area contributed by atoms with E-state index in [1.807, 2.05) is 0 Å². The van der Waals surface area contributed by atoms with Gasteiger partial charge in [-0.2, -0.15) is 0 Å². The summed E-state index contributed by atoms with van der Waals surface area (Å²) in [6, 6.07) is 6.75. The van der Waals surface area contributed by atoms with E-state index in [1.54, 1.807) is 0 Å². The van der Waals surface area contributed by atoms with Crippen LogP contribution in [0, 0.1) is 0 Å². The first-order valence-electron chi connectivity index (χ1n) is 7.20. The van der Waals surface area contributed by atoms with Crippen molar-refractivity contribution in [2.45, 2.75) is 58.9 Å². The van der Waals surface area contributed by atoms with Crippen LogP contribution in [0.2, 0.25) is 0 Å². The summed E-state index contributed by atoms with van der Waals surface area (Å²) in [5.41, 5.74) is 8.65. The van der Waals surface area contributed by atoms with Gasteiger partial charge in [-0.1, -0.05) is 39.7 Å². The van der Waals surface area contributed by atoms with Crippen molar-refractivity contribution in [1.82, 2.24) is 0 Å². The van der Waals surface area contributed by atoms with Crippen LogP contribution < -0.4 is 10.5 Å². The highest BCUT2D eigenvalue weighted by atomic mass is 16.5. The molecule has 0 saturated carbocycles. The van der Waals surface area contributed by atoms with Gasteiger partial charge >= 0.3 is 0 Å². The van der Waals surface area contributed by atoms with E-state index in [4.69, 9.17) is 10.5 Å². The fourth-order valence-electron chi connectivity index (χ4n) is 2.00. The Morgan fingerprint density at radius 2 is 1.56 bits per heavy atom. The molecule has 1 aromatic carbocycles. The Bertz CT molecular complexity index is 325. The van der Waals surface area contributed by atoms with Crippen LogP contribution in [0.4, 0.5) is 0 Å². The molecule has 0 aliphatic carbocycles. The van der Waals surface area contributed by atoms with Crippen LogP contribution in [0.15, 0.2) is 18.2 Å². The SMILES string of the molecule is CCCc1cc(CCC)cc(OCC(N)CC)c1. The van der Waals surface area contributed by atoms with Gasteiger partial charge in [0, 0.05) is 6.04 Å². The Morgan fingerprint density at radius 3 is 2.00 bits per heavy atom. The van der Waals surface area contributed by atoms with Crippen LogP contribution in [-0.2, 0) is 12.8 Å². The normalized spacial score (nSPS) is 12.4. The Balaban J connectivity index is 2.75. The van der Waals surface area contributed by atoms with E-state index in [0.717, 1.165) is 25.0 Å². The molecule has 2 heteroatoms. The van der Waals surface area contributed by atoms with Crippen LogP contribution >= 0.6 is 0 Å². The van der Waals surface area contributed by atoms with E-state index in [1.165, 1.54) is 24.0 Å². The lowest BCUT2D eigenvalue weighted by molar-refractivity contribution is 0.285. The van der Waals surface area contributed by atoms with Crippen molar-refractivity contribution in [3.05, 3.63) is 29.3 Å². The molecule has 0 aromatic heterocycles. The zero-order chi connectivity index (χ0) is 13.4. The second-order valence-corrected chi connectivity index (χ2v) is 4.96. The van der Waals surface area contributed by atoms with Crippen molar-refractivity contribution < 1.29 is 4.74 Å². The van der Waals surface area contributed by atoms with Crippen molar-refractivity contribution >= 4 is 0 Å². The predicted octanol–water partition coefficient (Wildman–Crippen LogP) is 3.71. The Labute approximate surface area is 112 Å². The number of hydrogen-bond donors (Lipinski definition) is 1. The lowest BCUT2D eigenvalue weighted by atomic mass is 10.0. The number of benzene rings is 1. The molecule has 1 unspecified atom stereocenters. The van der Waals surface area contributed by atoms with Crippen molar-refractivity contribution in [2.24, 2.45) is 5.73 Å². The lowest BCUT2D eigenvalue weighted by Gasteiger charge is -2.13. The molecule has 1 atom stereocenters. The summed E-state index contributed by atoms with van der Waals surface area (Å²) < 4.78 is 5.81. The lowest BCUT2D eigenvalue weighted by Crippen LogP contribution is -2.26. The van der Waals surface area contributed by atoms with Crippen molar-refractivity contribution in [1.29, 1.82) is 0 Å². The maximum absolute atomic E-state index is 5.89. The van der Waals surface area contributed by atoms with Gasteiger partial charge in [0.05, 0.1) is 0 Å². The molecule has 18 heavy (non-hydrogen) atoms. The van der Waals surface area contributed by atoms with Gasteiger partial charge in [-0.25, -0.2) is 0 Å². The molecular weight excluding hydrogens is 222 g/mol. The van der Waals surface area contributed by atoms with E-state index >= 15 is 0 Å². The van der Waals surface area contributed by atoms with E-state index in [9.17, 15) is 0 Å². The predicted molar refractivity (Wildman–Crippen MR) is 78.2 cm³/mol. The smallest absolute Gasteiger partial charge is 0.119 e. The topological polar surface area (TPSA) is 35.2 Å². The summed E-state index contributed by atoms with van der Waals surface area (Å²) >= 11 is 0. The molecule has 0 aliphatic heterocycles. The summed E-state index contributed by atoms with van der Waals surface area (Å²) in [5.74, 6) is 0.980. The third-order valence-corrected chi connectivity index (χ3v) is 3.09. The van der Waals surface area contributed by atoms with Gasteiger partial charge < -0.3 is 10.5 Å². The van der Waals surface area contributed by atoms with Gasteiger partial charge in [0.2, 0.25) is 0 Å². The standard InChI is InChI=1S/C16H27NO/c1-4-7-13-9-14(8-5-2)11-16(10-13)18-12-15(17)6-3/h9-11,15H,4-8,12,17H2,1-3H3. The number of ether oxygens (including phenoxy) is 1. The second kappa shape index (κ2) is 8.15. The average molecular weight is 249 g/mol. The van der Waals surface area contributed by atoms with Crippen molar-refractivity contribution in [3.8, 4) is 5.75 Å². The molecule has 1 aromatic rings. The fourth-order valence-corrected chi connectivity index (χ4v) is 2.00.